The molecule has 0 amide bonds. The number of hydrogen-bond acceptors (Lipinski definition) is 3. The highest BCUT2D eigenvalue weighted by molar-refractivity contribution is 7.85. The Labute approximate surface area is 79.2 Å². The van der Waals surface area contributed by atoms with Gasteiger partial charge in [-0.15, -0.1) is 0 Å². The Morgan fingerprint density at radius 3 is 2.54 bits per heavy atom. The lowest BCUT2D eigenvalue weighted by molar-refractivity contribution is -0.137. The fourth-order valence-corrected chi connectivity index (χ4v) is 1.78. The van der Waals surface area contributed by atoms with Gasteiger partial charge in [0.05, 0.1) is 17.9 Å². The average molecular weight is 198 g/mol. The first-order valence-electron chi connectivity index (χ1n) is 3.74. The molecule has 70 valence electrons. The number of hydrogen-bond donors (Lipinski definition) is 0. The van der Waals surface area contributed by atoms with E-state index in [9.17, 15) is 9.00 Å². The summed E-state index contributed by atoms with van der Waals surface area (Å²) in [7, 11) is -0.00565. The summed E-state index contributed by atoms with van der Waals surface area (Å²) in [5, 5.41) is 0. The highest BCUT2D eigenvalue weighted by atomic mass is 32.2. The predicted molar refractivity (Wildman–Crippen MR) is 49.7 cm³/mol. The maximum atomic E-state index is 11.4. The van der Waals surface area contributed by atoms with Crippen molar-refractivity contribution in [1.82, 2.24) is 0 Å². The summed E-state index contributed by atoms with van der Waals surface area (Å²) in [6.07, 6.45) is 0. The highest BCUT2D eigenvalue weighted by Gasteiger charge is 2.08. The van der Waals surface area contributed by atoms with Gasteiger partial charge in [0.25, 0.3) is 0 Å². The zero-order valence-electron chi connectivity index (χ0n) is 7.23. The number of methoxy groups -OCH3 is 1. The molecule has 1 aromatic carbocycles. The van der Waals surface area contributed by atoms with Crippen molar-refractivity contribution in [2.75, 3.05) is 12.9 Å². The third kappa shape index (κ3) is 2.99. The smallest absolute Gasteiger partial charge is 0.318 e. The van der Waals surface area contributed by atoms with Crippen molar-refractivity contribution in [3.63, 3.8) is 0 Å². The fraction of sp³-hybridized carbons (Fsp3) is 0.222. The van der Waals surface area contributed by atoms with E-state index in [1.165, 1.54) is 7.11 Å². The molecule has 13 heavy (non-hydrogen) atoms. The molecule has 0 saturated carbocycles. The molecule has 0 heterocycles. The molecule has 0 aliphatic heterocycles. The van der Waals surface area contributed by atoms with Crippen LogP contribution in [0, 0.1) is 0 Å². The van der Waals surface area contributed by atoms with Gasteiger partial charge in [0, 0.05) is 4.90 Å². The molecule has 0 aromatic heterocycles. The SMILES string of the molecule is COC(=O)C[S@](=O)c1ccccc1. The van der Waals surface area contributed by atoms with E-state index >= 15 is 0 Å². The van der Waals surface area contributed by atoms with Gasteiger partial charge in [0.1, 0.15) is 5.75 Å². The standard InChI is InChI=1S/C9H10O3S/c1-12-9(10)7-13(11)8-5-3-2-4-6-8/h2-6H,7H2,1H3/t13-/m0/s1. The van der Waals surface area contributed by atoms with Crippen LogP contribution < -0.4 is 0 Å². The summed E-state index contributed by atoms with van der Waals surface area (Å²) in [6.45, 7) is 0. The molecule has 0 aliphatic rings. The molecule has 0 unspecified atom stereocenters. The summed E-state index contributed by atoms with van der Waals surface area (Å²) in [5.41, 5.74) is 0. The lowest BCUT2D eigenvalue weighted by Gasteiger charge is -1.99. The van der Waals surface area contributed by atoms with Crippen LogP contribution in [0.15, 0.2) is 35.2 Å². The minimum absolute atomic E-state index is 0.0828. The van der Waals surface area contributed by atoms with Crippen LogP contribution in [0.25, 0.3) is 0 Å². The second-order valence-electron chi connectivity index (χ2n) is 2.38. The molecule has 0 bridgehead atoms. The van der Waals surface area contributed by atoms with E-state index in [2.05, 4.69) is 4.74 Å². The lowest BCUT2D eigenvalue weighted by Crippen LogP contribution is -2.11. The number of carbonyl (C=O) groups is 1. The maximum Gasteiger partial charge on any atom is 0.318 e. The Balaban J connectivity index is 2.65. The van der Waals surface area contributed by atoms with Crippen LogP contribution in [-0.4, -0.2) is 23.0 Å². The van der Waals surface area contributed by atoms with E-state index in [4.69, 9.17) is 0 Å². The molecule has 1 atom stereocenters. The first-order chi connectivity index (χ1) is 6.24. The molecule has 0 fully saturated rings. The zero-order chi connectivity index (χ0) is 9.68. The molecular weight excluding hydrogens is 188 g/mol. The van der Waals surface area contributed by atoms with Gasteiger partial charge >= 0.3 is 5.97 Å². The monoisotopic (exact) mass is 198 g/mol. The van der Waals surface area contributed by atoms with E-state index < -0.39 is 16.8 Å². The first-order valence-corrected chi connectivity index (χ1v) is 5.06. The van der Waals surface area contributed by atoms with Crippen LogP contribution in [0.5, 0.6) is 0 Å². The van der Waals surface area contributed by atoms with E-state index in [1.54, 1.807) is 24.3 Å². The van der Waals surface area contributed by atoms with Crippen LogP contribution in [0.4, 0.5) is 0 Å². The van der Waals surface area contributed by atoms with Crippen LogP contribution >= 0.6 is 0 Å². The molecule has 0 spiro atoms. The lowest BCUT2D eigenvalue weighted by atomic mass is 10.4. The quantitative estimate of drug-likeness (QED) is 0.680. The molecule has 0 N–H and O–H groups in total. The Morgan fingerprint density at radius 2 is 2.00 bits per heavy atom. The minimum atomic E-state index is -1.29. The Morgan fingerprint density at radius 1 is 1.38 bits per heavy atom. The van der Waals surface area contributed by atoms with Gasteiger partial charge in [-0.2, -0.15) is 0 Å². The highest BCUT2D eigenvalue weighted by Crippen LogP contribution is 2.05. The molecule has 0 radical (unpaired) electrons. The Kier molecular flexibility index (Phi) is 3.64. The third-order valence-corrected chi connectivity index (χ3v) is 2.78. The van der Waals surface area contributed by atoms with E-state index in [0.29, 0.717) is 4.90 Å². The van der Waals surface area contributed by atoms with Gasteiger partial charge in [-0.05, 0) is 12.1 Å². The van der Waals surface area contributed by atoms with Crippen LogP contribution in [-0.2, 0) is 20.3 Å². The van der Waals surface area contributed by atoms with E-state index in [-0.39, 0.29) is 5.75 Å². The number of ether oxygens (including phenoxy) is 1. The van der Waals surface area contributed by atoms with E-state index in [1.807, 2.05) is 6.07 Å². The third-order valence-electron chi connectivity index (χ3n) is 1.48. The van der Waals surface area contributed by atoms with Crippen molar-refractivity contribution >= 4 is 16.8 Å². The topological polar surface area (TPSA) is 43.4 Å². The summed E-state index contributed by atoms with van der Waals surface area (Å²) in [5.74, 6) is -0.539. The summed E-state index contributed by atoms with van der Waals surface area (Å²) in [6, 6.07) is 8.84. The largest absolute Gasteiger partial charge is 0.468 e. The molecule has 0 aliphatic carbocycles. The summed E-state index contributed by atoms with van der Waals surface area (Å²) < 4.78 is 15.8. The predicted octanol–water partition coefficient (Wildman–Crippen LogP) is 0.967. The Hall–Kier alpha value is -1.16. The maximum absolute atomic E-state index is 11.4. The van der Waals surface area contributed by atoms with Crippen molar-refractivity contribution in [3.05, 3.63) is 30.3 Å². The molecular formula is C9H10O3S. The van der Waals surface area contributed by atoms with Gasteiger partial charge in [0.2, 0.25) is 0 Å². The molecule has 1 aromatic rings. The average Bonchev–Trinajstić information content (AvgIpc) is 2.19. The number of carbonyl (C=O) groups excluding carboxylic acids is 1. The number of rotatable bonds is 3. The molecule has 3 nitrogen and oxygen atoms in total. The van der Waals surface area contributed by atoms with Gasteiger partial charge in [-0.25, -0.2) is 0 Å². The van der Waals surface area contributed by atoms with Crippen LogP contribution in [0.1, 0.15) is 0 Å². The molecule has 1 rings (SSSR count). The van der Waals surface area contributed by atoms with Gasteiger partial charge < -0.3 is 4.74 Å². The second-order valence-corrected chi connectivity index (χ2v) is 3.83. The molecule has 4 heteroatoms. The molecule has 0 saturated heterocycles. The first kappa shape index (κ1) is 9.92. The normalized spacial score (nSPS) is 12.1. The van der Waals surface area contributed by atoms with Gasteiger partial charge in [0.15, 0.2) is 0 Å². The second kappa shape index (κ2) is 4.77. The number of benzene rings is 1. The summed E-state index contributed by atoms with van der Waals surface area (Å²) in [4.78, 5) is 11.4. The van der Waals surface area contributed by atoms with E-state index in [0.717, 1.165) is 0 Å². The number of esters is 1. The van der Waals surface area contributed by atoms with Gasteiger partial charge in [-0.1, -0.05) is 18.2 Å². The van der Waals surface area contributed by atoms with Crippen LogP contribution in [0.2, 0.25) is 0 Å². The van der Waals surface area contributed by atoms with Crippen molar-refractivity contribution in [3.8, 4) is 0 Å². The van der Waals surface area contributed by atoms with Gasteiger partial charge in [-0.3, -0.25) is 9.00 Å². The van der Waals surface area contributed by atoms with Crippen molar-refractivity contribution in [1.29, 1.82) is 0 Å². The minimum Gasteiger partial charge on any atom is -0.468 e. The Bertz CT molecular complexity index is 308. The van der Waals surface area contributed by atoms with Crippen molar-refractivity contribution < 1.29 is 13.7 Å². The summed E-state index contributed by atoms with van der Waals surface area (Å²) >= 11 is 0. The fourth-order valence-electron chi connectivity index (χ4n) is 0.822. The zero-order valence-corrected chi connectivity index (χ0v) is 8.04. The van der Waals surface area contributed by atoms with Crippen molar-refractivity contribution in [2.24, 2.45) is 0 Å². The van der Waals surface area contributed by atoms with Crippen molar-refractivity contribution in [2.45, 2.75) is 4.90 Å². The van der Waals surface area contributed by atoms with Crippen LogP contribution in [0.3, 0.4) is 0 Å².